The molecule has 1 aliphatic heterocycles. The van der Waals surface area contributed by atoms with Crippen LogP contribution in [-0.2, 0) is 9.53 Å². The molecule has 1 fully saturated rings. The number of amides is 1. The summed E-state index contributed by atoms with van der Waals surface area (Å²) < 4.78 is 5.69. The molecule has 0 bridgehead atoms. The van der Waals surface area contributed by atoms with E-state index < -0.39 is 4.92 Å². The summed E-state index contributed by atoms with van der Waals surface area (Å²) >= 11 is 0. The Hall–Kier alpha value is -2.25. The molecule has 0 aliphatic carbocycles. The van der Waals surface area contributed by atoms with Gasteiger partial charge in [-0.15, -0.1) is 0 Å². The van der Waals surface area contributed by atoms with E-state index in [1.807, 2.05) is 0 Å². The number of nitrogens with one attached hydrogen (secondary N) is 1. The molecule has 1 unspecified atom stereocenters. The third-order valence-electron chi connectivity index (χ3n) is 3.88. The highest BCUT2D eigenvalue weighted by Crippen LogP contribution is 2.12. The van der Waals surface area contributed by atoms with Crippen LogP contribution in [0.3, 0.4) is 0 Å². The smallest absolute Gasteiger partial charge is 0.269 e. The molecular formula is C18H25N3O4. The zero-order valence-corrected chi connectivity index (χ0v) is 14.7. The molecule has 25 heavy (non-hydrogen) atoms. The summed E-state index contributed by atoms with van der Waals surface area (Å²) in [5.41, 5.74) is 0.764. The fraction of sp³-hybridized carbons (Fsp3) is 0.500. The number of hydrogen-bond acceptors (Lipinski definition) is 5. The van der Waals surface area contributed by atoms with Crippen molar-refractivity contribution >= 4 is 17.7 Å². The molecule has 2 rings (SSSR count). The molecule has 1 heterocycles. The van der Waals surface area contributed by atoms with Gasteiger partial charge in [0.2, 0.25) is 5.91 Å². The molecule has 1 N–H and O–H groups in total. The molecule has 1 atom stereocenters. The standard InChI is InChI=1S/C18H25N3O4/c1-14(2)12-20-9-10-25-17(13-20)11-19-18(22)8-5-15-3-6-16(7-4-15)21(23)24/h3-8,14,17H,9-13H2,1-2H3,(H,19,22)/b8-5+. The average Bonchev–Trinajstić information content (AvgIpc) is 2.58. The fourth-order valence-corrected chi connectivity index (χ4v) is 2.74. The lowest BCUT2D eigenvalue weighted by Crippen LogP contribution is -2.48. The number of nitro groups is 1. The lowest BCUT2D eigenvalue weighted by atomic mass is 10.1. The molecule has 7 heteroatoms. The van der Waals surface area contributed by atoms with Crippen molar-refractivity contribution in [2.24, 2.45) is 5.92 Å². The van der Waals surface area contributed by atoms with Gasteiger partial charge in [-0.25, -0.2) is 0 Å². The first-order valence-corrected chi connectivity index (χ1v) is 8.48. The summed E-state index contributed by atoms with van der Waals surface area (Å²) in [5.74, 6) is 0.404. The first-order chi connectivity index (χ1) is 11.9. The molecule has 1 aromatic rings. The number of carbonyl (C=O) groups is 1. The lowest BCUT2D eigenvalue weighted by Gasteiger charge is -2.33. The first kappa shape index (κ1) is 19.1. The summed E-state index contributed by atoms with van der Waals surface area (Å²) in [7, 11) is 0. The predicted molar refractivity (Wildman–Crippen MR) is 96.2 cm³/mol. The van der Waals surface area contributed by atoms with E-state index in [-0.39, 0.29) is 17.7 Å². The van der Waals surface area contributed by atoms with E-state index in [9.17, 15) is 14.9 Å². The molecule has 7 nitrogen and oxygen atoms in total. The van der Waals surface area contributed by atoms with Crippen LogP contribution < -0.4 is 5.32 Å². The molecular weight excluding hydrogens is 322 g/mol. The number of ether oxygens (including phenoxy) is 1. The first-order valence-electron chi connectivity index (χ1n) is 8.48. The van der Waals surface area contributed by atoms with E-state index in [4.69, 9.17) is 4.74 Å². The van der Waals surface area contributed by atoms with Crippen molar-refractivity contribution in [3.63, 3.8) is 0 Å². The Kier molecular flexibility index (Phi) is 7.09. The Morgan fingerprint density at radius 3 is 2.80 bits per heavy atom. The highest BCUT2D eigenvalue weighted by atomic mass is 16.6. The van der Waals surface area contributed by atoms with Gasteiger partial charge >= 0.3 is 0 Å². The summed E-state index contributed by atoms with van der Waals surface area (Å²) in [6.45, 7) is 8.33. The summed E-state index contributed by atoms with van der Waals surface area (Å²) in [5, 5.41) is 13.4. The molecule has 0 radical (unpaired) electrons. The highest BCUT2D eigenvalue weighted by Gasteiger charge is 2.21. The number of rotatable bonds is 7. The molecule has 1 aliphatic rings. The van der Waals surface area contributed by atoms with Gasteiger partial charge in [-0.2, -0.15) is 0 Å². The van der Waals surface area contributed by atoms with Crippen LogP contribution in [0.15, 0.2) is 30.3 Å². The van der Waals surface area contributed by atoms with Gasteiger partial charge in [0.05, 0.1) is 17.6 Å². The van der Waals surface area contributed by atoms with Crippen LogP contribution in [0.4, 0.5) is 5.69 Å². The summed E-state index contributed by atoms with van der Waals surface area (Å²) in [4.78, 5) is 24.4. The average molecular weight is 347 g/mol. The topological polar surface area (TPSA) is 84.7 Å². The molecule has 0 saturated carbocycles. The molecule has 0 spiro atoms. The molecule has 136 valence electrons. The normalized spacial score (nSPS) is 18.6. The van der Waals surface area contributed by atoms with Crippen LogP contribution in [0.5, 0.6) is 0 Å². The number of morpholine rings is 1. The summed E-state index contributed by atoms with van der Waals surface area (Å²) in [6, 6.07) is 6.04. The van der Waals surface area contributed by atoms with Gasteiger partial charge in [0.25, 0.3) is 5.69 Å². The largest absolute Gasteiger partial charge is 0.374 e. The number of carbonyl (C=O) groups excluding carboxylic acids is 1. The van der Waals surface area contributed by atoms with Crippen LogP contribution in [0.2, 0.25) is 0 Å². The van der Waals surface area contributed by atoms with E-state index in [0.29, 0.717) is 19.1 Å². The van der Waals surface area contributed by atoms with Gasteiger partial charge < -0.3 is 10.1 Å². The fourth-order valence-electron chi connectivity index (χ4n) is 2.74. The zero-order valence-electron chi connectivity index (χ0n) is 14.7. The van der Waals surface area contributed by atoms with E-state index in [1.54, 1.807) is 18.2 Å². The Morgan fingerprint density at radius 2 is 2.16 bits per heavy atom. The maximum atomic E-state index is 11.9. The minimum absolute atomic E-state index is 0.00391. The number of non-ortho nitro benzene ring substituents is 1. The van der Waals surface area contributed by atoms with Crippen molar-refractivity contribution in [1.29, 1.82) is 0 Å². The second kappa shape index (κ2) is 9.29. The minimum Gasteiger partial charge on any atom is -0.374 e. The number of nitrogens with zero attached hydrogens (tertiary/aromatic N) is 2. The lowest BCUT2D eigenvalue weighted by molar-refractivity contribution is -0.384. The van der Waals surface area contributed by atoms with E-state index in [2.05, 4.69) is 24.1 Å². The summed E-state index contributed by atoms with van der Waals surface area (Å²) in [6.07, 6.45) is 3.06. The molecule has 1 aromatic carbocycles. The maximum Gasteiger partial charge on any atom is 0.269 e. The Morgan fingerprint density at radius 1 is 1.44 bits per heavy atom. The van der Waals surface area contributed by atoms with Gasteiger partial charge in [0.1, 0.15) is 0 Å². The van der Waals surface area contributed by atoms with Crippen LogP contribution >= 0.6 is 0 Å². The number of benzene rings is 1. The second-order valence-corrected chi connectivity index (χ2v) is 6.57. The Labute approximate surface area is 147 Å². The van der Waals surface area contributed by atoms with Crippen molar-refractivity contribution < 1.29 is 14.5 Å². The molecule has 0 aromatic heterocycles. The maximum absolute atomic E-state index is 11.9. The molecule has 1 saturated heterocycles. The highest BCUT2D eigenvalue weighted by molar-refractivity contribution is 5.91. The van der Waals surface area contributed by atoms with Gasteiger partial charge in [-0.3, -0.25) is 19.8 Å². The van der Waals surface area contributed by atoms with Crippen molar-refractivity contribution in [1.82, 2.24) is 10.2 Å². The van der Waals surface area contributed by atoms with Gasteiger partial charge in [-0.05, 0) is 29.7 Å². The third-order valence-corrected chi connectivity index (χ3v) is 3.88. The number of hydrogen-bond donors (Lipinski definition) is 1. The quantitative estimate of drug-likeness (QED) is 0.464. The van der Waals surface area contributed by atoms with Crippen LogP contribution in [0.1, 0.15) is 19.4 Å². The zero-order chi connectivity index (χ0) is 18.2. The number of nitro benzene ring substituents is 1. The van der Waals surface area contributed by atoms with Crippen molar-refractivity contribution in [2.75, 3.05) is 32.8 Å². The van der Waals surface area contributed by atoms with Crippen molar-refractivity contribution in [3.8, 4) is 0 Å². The SMILES string of the molecule is CC(C)CN1CCOC(CNC(=O)/C=C/c2ccc([N+](=O)[O-])cc2)C1. The minimum atomic E-state index is -0.451. The van der Waals surface area contributed by atoms with Crippen LogP contribution in [-0.4, -0.2) is 54.6 Å². The Bertz CT molecular complexity index is 613. The molecule has 1 amide bonds. The van der Waals surface area contributed by atoms with E-state index >= 15 is 0 Å². The monoisotopic (exact) mass is 347 g/mol. The van der Waals surface area contributed by atoms with Gasteiger partial charge in [0, 0.05) is 44.4 Å². The van der Waals surface area contributed by atoms with Gasteiger partial charge in [0.15, 0.2) is 0 Å². The van der Waals surface area contributed by atoms with Crippen LogP contribution in [0.25, 0.3) is 6.08 Å². The van der Waals surface area contributed by atoms with Crippen molar-refractivity contribution in [3.05, 3.63) is 46.0 Å². The van der Waals surface area contributed by atoms with E-state index in [0.717, 1.165) is 25.2 Å². The third kappa shape index (κ3) is 6.64. The van der Waals surface area contributed by atoms with E-state index in [1.165, 1.54) is 18.2 Å². The van der Waals surface area contributed by atoms with Crippen molar-refractivity contribution in [2.45, 2.75) is 20.0 Å². The second-order valence-electron chi connectivity index (χ2n) is 6.57. The Balaban J connectivity index is 1.77. The van der Waals surface area contributed by atoms with Crippen LogP contribution in [0, 0.1) is 16.0 Å². The van der Waals surface area contributed by atoms with Gasteiger partial charge in [-0.1, -0.05) is 13.8 Å². The predicted octanol–water partition coefficient (Wildman–Crippen LogP) is 2.08.